The van der Waals surface area contributed by atoms with Gasteiger partial charge in [0.25, 0.3) is 0 Å². The van der Waals surface area contributed by atoms with Crippen LogP contribution < -0.4 is 0 Å². The van der Waals surface area contributed by atoms with Gasteiger partial charge in [0.1, 0.15) is 12.1 Å². The van der Waals surface area contributed by atoms with Crippen LogP contribution in [0.4, 0.5) is 17.6 Å². The second-order valence-corrected chi connectivity index (χ2v) is 3.53. The van der Waals surface area contributed by atoms with Crippen LogP contribution in [-0.4, -0.2) is 15.7 Å². The van der Waals surface area contributed by atoms with Gasteiger partial charge in [-0.3, -0.25) is 0 Å². The first-order valence-electron chi connectivity index (χ1n) is 4.25. The van der Waals surface area contributed by atoms with E-state index in [0.29, 0.717) is 0 Å². The van der Waals surface area contributed by atoms with Crippen LogP contribution in [0.3, 0.4) is 0 Å². The van der Waals surface area contributed by atoms with Gasteiger partial charge in [0.05, 0.1) is 5.52 Å². The first-order valence-corrected chi connectivity index (χ1v) is 4.63. The molecule has 0 aliphatic carbocycles. The summed E-state index contributed by atoms with van der Waals surface area (Å²) < 4.78 is 50.6. The predicted molar refractivity (Wildman–Crippen MR) is 50.8 cm³/mol. The molecule has 1 aromatic carbocycles. The number of para-hydroxylation sites is 1. The van der Waals surface area contributed by atoms with E-state index in [2.05, 4.69) is 4.98 Å². The molecule has 0 spiro atoms. The summed E-state index contributed by atoms with van der Waals surface area (Å²) in [6, 6.07) is 3.76. The highest BCUT2D eigenvalue weighted by atomic mass is 35.5. The van der Waals surface area contributed by atoms with E-state index in [9.17, 15) is 17.6 Å². The van der Waals surface area contributed by atoms with Gasteiger partial charge in [-0.25, -0.2) is 9.37 Å². The fourth-order valence-electron chi connectivity index (χ4n) is 1.41. The van der Waals surface area contributed by atoms with Crippen molar-refractivity contribution in [3.8, 4) is 0 Å². The number of hydrogen-bond acceptors (Lipinski definition) is 1. The lowest BCUT2D eigenvalue weighted by molar-refractivity contribution is -0.139. The molecule has 2 aromatic rings. The van der Waals surface area contributed by atoms with Crippen molar-refractivity contribution in [3.63, 3.8) is 0 Å². The largest absolute Gasteiger partial charge is 0.406 e. The molecule has 0 unspecified atom stereocenters. The van der Waals surface area contributed by atoms with Crippen LogP contribution in [0.1, 0.15) is 0 Å². The molecule has 0 aliphatic heterocycles. The maximum atomic E-state index is 13.2. The van der Waals surface area contributed by atoms with E-state index in [4.69, 9.17) is 11.6 Å². The van der Waals surface area contributed by atoms with Crippen molar-refractivity contribution in [3.05, 3.63) is 29.3 Å². The standard InChI is InChI=1S/C9H5ClF4N2/c10-8-15-7-5(11)2-1-3-6(7)16(8)4-9(12,13)14/h1-3H,4H2. The Balaban J connectivity index is 2.61. The third-order valence-corrected chi connectivity index (χ3v) is 2.31. The average Bonchev–Trinajstić information content (AvgIpc) is 2.44. The van der Waals surface area contributed by atoms with E-state index in [1.165, 1.54) is 12.1 Å². The summed E-state index contributed by atoms with van der Waals surface area (Å²) in [5.41, 5.74) is -0.126. The van der Waals surface area contributed by atoms with Crippen molar-refractivity contribution in [2.75, 3.05) is 0 Å². The molecule has 2 nitrogen and oxygen atoms in total. The molecule has 0 saturated carbocycles. The second-order valence-electron chi connectivity index (χ2n) is 3.19. The molecule has 0 bridgehead atoms. The highest BCUT2D eigenvalue weighted by Gasteiger charge is 2.30. The summed E-state index contributed by atoms with van der Waals surface area (Å²) in [7, 11) is 0. The van der Waals surface area contributed by atoms with Crippen LogP contribution in [0, 0.1) is 5.82 Å². The van der Waals surface area contributed by atoms with Gasteiger partial charge >= 0.3 is 6.18 Å². The SMILES string of the molecule is Fc1cccc2c1nc(Cl)n2CC(F)(F)F. The summed E-state index contributed by atoms with van der Waals surface area (Å²) in [5.74, 6) is -0.694. The predicted octanol–water partition coefficient (Wildman–Crippen LogP) is 3.39. The lowest BCUT2D eigenvalue weighted by Gasteiger charge is -2.08. The van der Waals surface area contributed by atoms with Crippen LogP contribution in [0.2, 0.25) is 5.28 Å². The Labute approximate surface area is 92.4 Å². The van der Waals surface area contributed by atoms with E-state index >= 15 is 0 Å². The molecule has 0 N–H and O–H groups in total. The molecule has 1 heterocycles. The summed E-state index contributed by atoms with van der Waals surface area (Å²) >= 11 is 5.53. The molecule has 0 fully saturated rings. The molecule has 0 amide bonds. The van der Waals surface area contributed by atoms with E-state index < -0.39 is 18.5 Å². The number of alkyl halides is 3. The summed E-state index contributed by atoms with van der Waals surface area (Å²) in [6.45, 7) is -1.29. The van der Waals surface area contributed by atoms with Gasteiger partial charge in [0, 0.05) is 0 Å². The van der Waals surface area contributed by atoms with Gasteiger partial charge in [0.2, 0.25) is 5.28 Å². The first-order chi connectivity index (χ1) is 7.38. The van der Waals surface area contributed by atoms with E-state index in [1.54, 1.807) is 0 Å². The van der Waals surface area contributed by atoms with E-state index in [-0.39, 0.29) is 16.3 Å². The van der Waals surface area contributed by atoms with Gasteiger partial charge < -0.3 is 4.57 Å². The molecule has 7 heteroatoms. The Kier molecular flexibility index (Phi) is 2.53. The van der Waals surface area contributed by atoms with Gasteiger partial charge in [-0.15, -0.1) is 0 Å². The number of fused-ring (bicyclic) bond motifs is 1. The summed E-state index contributed by atoms with van der Waals surface area (Å²) in [5, 5.41) is -0.377. The third kappa shape index (κ3) is 1.97. The fraction of sp³-hybridized carbons (Fsp3) is 0.222. The van der Waals surface area contributed by atoms with Crippen molar-refractivity contribution in [1.29, 1.82) is 0 Å². The van der Waals surface area contributed by atoms with Crippen LogP contribution in [0.25, 0.3) is 11.0 Å². The zero-order chi connectivity index (χ0) is 11.9. The maximum absolute atomic E-state index is 13.2. The Bertz CT molecular complexity index is 532. The smallest absolute Gasteiger partial charge is 0.305 e. The summed E-state index contributed by atoms with van der Waals surface area (Å²) in [4.78, 5) is 3.55. The van der Waals surface area contributed by atoms with Gasteiger partial charge in [-0.05, 0) is 23.7 Å². The number of hydrogen-bond donors (Lipinski definition) is 0. The number of nitrogens with zero attached hydrogens (tertiary/aromatic N) is 2. The van der Waals surface area contributed by atoms with Gasteiger partial charge in [0.15, 0.2) is 5.82 Å². The lowest BCUT2D eigenvalue weighted by atomic mass is 10.3. The van der Waals surface area contributed by atoms with Gasteiger partial charge in [-0.1, -0.05) is 6.07 Å². The van der Waals surface area contributed by atoms with Gasteiger partial charge in [-0.2, -0.15) is 13.2 Å². The van der Waals surface area contributed by atoms with E-state index in [1.807, 2.05) is 0 Å². The Hall–Kier alpha value is -1.30. The molecule has 0 aliphatic rings. The quantitative estimate of drug-likeness (QED) is 0.712. The second kappa shape index (κ2) is 3.62. The number of halogens is 5. The molecule has 16 heavy (non-hydrogen) atoms. The van der Waals surface area contributed by atoms with E-state index in [0.717, 1.165) is 10.6 Å². The zero-order valence-corrected chi connectivity index (χ0v) is 8.48. The van der Waals surface area contributed by atoms with Crippen molar-refractivity contribution >= 4 is 22.6 Å². The van der Waals surface area contributed by atoms with Crippen molar-refractivity contribution in [1.82, 2.24) is 9.55 Å². The van der Waals surface area contributed by atoms with Crippen LogP contribution in [-0.2, 0) is 6.54 Å². The fourth-order valence-corrected chi connectivity index (χ4v) is 1.65. The average molecular weight is 253 g/mol. The van der Waals surface area contributed by atoms with Crippen LogP contribution >= 0.6 is 11.6 Å². The topological polar surface area (TPSA) is 17.8 Å². The number of rotatable bonds is 1. The van der Waals surface area contributed by atoms with Crippen LogP contribution in [0.15, 0.2) is 18.2 Å². The molecule has 0 radical (unpaired) electrons. The first kappa shape index (κ1) is 11.2. The van der Waals surface area contributed by atoms with Crippen molar-refractivity contribution in [2.24, 2.45) is 0 Å². The minimum absolute atomic E-state index is 0.0299. The minimum atomic E-state index is -4.43. The monoisotopic (exact) mass is 252 g/mol. The van der Waals surface area contributed by atoms with Crippen molar-refractivity contribution < 1.29 is 17.6 Å². The Morgan fingerprint density at radius 2 is 2.00 bits per heavy atom. The summed E-state index contributed by atoms with van der Waals surface area (Å²) in [6.07, 6.45) is -4.43. The zero-order valence-electron chi connectivity index (χ0n) is 7.72. The molecular formula is C9H5ClF4N2. The Morgan fingerprint density at radius 3 is 2.62 bits per heavy atom. The highest BCUT2D eigenvalue weighted by Crippen LogP contribution is 2.26. The Morgan fingerprint density at radius 1 is 1.31 bits per heavy atom. The third-order valence-electron chi connectivity index (χ3n) is 2.02. The number of imidazole rings is 1. The molecular weight excluding hydrogens is 248 g/mol. The lowest BCUT2D eigenvalue weighted by Crippen LogP contribution is -2.17. The molecule has 0 saturated heterocycles. The molecule has 86 valence electrons. The molecule has 1 aromatic heterocycles. The van der Waals surface area contributed by atoms with Crippen molar-refractivity contribution in [2.45, 2.75) is 12.7 Å². The van der Waals surface area contributed by atoms with Crippen LogP contribution in [0.5, 0.6) is 0 Å². The number of aromatic nitrogens is 2. The molecule has 0 atom stereocenters. The minimum Gasteiger partial charge on any atom is -0.305 e. The maximum Gasteiger partial charge on any atom is 0.406 e. The molecule has 2 rings (SSSR count). The number of benzene rings is 1. The normalized spacial score (nSPS) is 12.3. The highest BCUT2D eigenvalue weighted by molar-refractivity contribution is 6.29.